The Kier molecular flexibility index (Phi) is 6.32. The Morgan fingerprint density at radius 2 is 1.94 bits per heavy atom. The number of aromatic nitrogens is 5. The van der Waals surface area contributed by atoms with Gasteiger partial charge in [-0.2, -0.15) is 0 Å². The zero-order valence-corrected chi connectivity index (χ0v) is 20.0. The number of halogens is 1. The second-order valence-electron chi connectivity index (χ2n) is 7.86. The first-order chi connectivity index (χ1) is 15.6. The number of aromatic amines is 1. The van der Waals surface area contributed by atoms with Gasteiger partial charge in [0.2, 0.25) is 0 Å². The Labute approximate surface area is 198 Å². The molecule has 0 bridgehead atoms. The van der Waals surface area contributed by atoms with Gasteiger partial charge in [-0.15, -0.1) is 21.5 Å². The zero-order valence-electron chi connectivity index (χ0n) is 17.6. The van der Waals surface area contributed by atoms with Crippen molar-refractivity contribution in [2.45, 2.75) is 43.1 Å². The molecule has 1 aromatic carbocycles. The predicted molar refractivity (Wildman–Crippen MR) is 130 cm³/mol. The van der Waals surface area contributed by atoms with E-state index in [0.29, 0.717) is 21.3 Å². The number of piperidine rings is 1. The van der Waals surface area contributed by atoms with Crippen LogP contribution < -0.4 is 5.56 Å². The SMILES string of the molecule is C[C@H](c1nnc(SCc2nc3ccsc3c(=O)[nH]2)n1-c1ccc(Cl)cc1)N1CCCCC1. The minimum atomic E-state index is -0.0980. The van der Waals surface area contributed by atoms with Crippen LogP contribution >= 0.6 is 34.7 Å². The molecule has 0 radical (unpaired) electrons. The minimum Gasteiger partial charge on any atom is -0.309 e. The Hall–Kier alpha value is -2.20. The fourth-order valence-electron chi connectivity index (χ4n) is 4.07. The molecule has 32 heavy (non-hydrogen) atoms. The summed E-state index contributed by atoms with van der Waals surface area (Å²) >= 11 is 9.05. The number of thioether (sulfide) groups is 1. The summed E-state index contributed by atoms with van der Waals surface area (Å²) in [6.07, 6.45) is 3.71. The van der Waals surface area contributed by atoms with Crippen molar-refractivity contribution < 1.29 is 0 Å². The highest BCUT2D eigenvalue weighted by atomic mass is 35.5. The van der Waals surface area contributed by atoms with Crippen molar-refractivity contribution in [2.24, 2.45) is 0 Å². The normalized spacial score (nSPS) is 15.9. The number of thiophene rings is 1. The molecule has 7 nitrogen and oxygen atoms in total. The van der Waals surface area contributed by atoms with Crippen molar-refractivity contribution in [3.63, 3.8) is 0 Å². The van der Waals surface area contributed by atoms with Gasteiger partial charge in [0.25, 0.3) is 5.56 Å². The lowest BCUT2D eigenvalue weighted by Crippen LogP contribution is -2.33. The largest absolute Gasteiger partial charge is 0.309 e. The number of H-pyrrole nitrogens is 1. The zero-order chi connectivity index (χ0) is 22.1. The van der Waals surface area contributed by atoms with Gasteiger partial charge in [0, 0.05) is 10.7 Å². The highest BCUT2D eigenvalue weighted by Gasteiger charge is 2.25. The van der Waals surface area contributed by atoms with Gasteiger partial charge in [-0.25, -0.2) is 4.98 Å². The number of hydrogen-bond acceptors (Lipinski definition) is 7. The lowest BCUT2D eigenvalue weighted by atomic mass is 10.1. The van der Waals surface area contributed by atoms with Gasteiger partial charge in [0.05, 0.1) is 17.3 Å². The van der Waals surface area contributed by atoms with Crippen LogP contribution in [0.4, 0.5) is 0 Å². The Balaban J connectivity index is 1.47. The molecule has 0 unspecified atom stereocenters. The Morgan fingerprint density at radius 1 is 1.16 bits per heavy atom. The van der Waals surface area contributed by atoms with Crippen LogP contribution in [0.5, 0.6) is 0 Å². The summed E-state index contributed by atoms with van der Waals surface area (Å²) < 4.78 is 2.75. The molecule has 1 N–H and O–H groups in total. The van der Waals surface area contributed by atoms with Gasteiger partial charge < -0.3 is 4.98 Å². The van der Waals surface area contributed by atoms with Crippen LogP contribution in [0.3, 0.4) is 0 Å². The number of fused-ring (bicyclic) bond motifs is 1. The second-order valence-corrected chi connectivity index (χ2v) is 10.2. The molecular formula is C22H23ClN6OS2. The van der Waals surface area contributed by atoms with Crippen LogP contribution in [0, 0.1) is 0 Å². The first-order valence-corrected chi connectivity index (χ1v) is 12.9. The fraction of sp³-hybridized carbons (Fsp3) is 0.364. The van der Waals surface area contributed by atoms with E-state index in [1.807, 2.05) is 35.7 Å². The summed E-state index contributed by atoms with van der Waals surface area (Å²) in [5.74, 6) is 2.03. The van der Waals surface area contributed by atoms with E-state index in [1.54, 1.807) is 0 Å². The number of hydrogen-bond donors (Lipinski definition) is 1. The molecule has 4 heterocycles. The summed E-state index contributed by atoms with van der Waals surface area (Å²) in [7, 11) is 0. The molecule has 1 fully saturated rings. The highest BCUT2D eigenvalue weighted by Crippen LogP contribution is 2.31. The Bertz CT molecular complexity index is 1280. The van der Waals surface area contributed by atoms with Crippen molar-refractivity contribution >= 4 is 44.9 Å². The maximum atomic E-state index is 12.3. The van der Waals surface area contributed by atoms with Crippen LogP contribution in [0.15, 0.2) is 45.7 Å². The van der Waals surface area contributed by atoms with Crippen molar-refractivity contribution in [2.75, 3.05) is 13.1 Å². The molecule has 1 atom stereocenters. The summed E-state index contributed by atoms with van der Waals surface area (Å²) in [5.41, 5.74) is 1.60. The standard InChI is InChI=1S/C22H23ClN6OS2/c1-14(28-10-3-2-4-11-28)20-26-27-22(29(20)16-7-5-15(23)6-8-16)32-13-18-24-17-9-12-31-19(17)21(30)25-18/h5-9,12,14H,2-4,10-11,13H2,1H3,(H,24,25,30)/t14-/m1/s1. The third-order valence-electron chi connectivity index (χ3n) is 5.76. The number of rotatable bonds is 6. The number of benzene rings is 1. The number of likely N-dealkylation sites (tertiary alicyclic amines) is 1. The molecule has 0 saturated carbocycles. The predicted octanol–water partition coefficient (Wildman–Crippen LogP) is 5.06. The fourth-order valence-corrected chi connectivity index (χ4v) is 5.75. The molecule has 0 aliphatic carbocycles. The highest BCUT2D eigenvalue weighted by molar-refractivity contribution is 7.98. The maximum absolute atomic E-state index is 12.3. The van der Waals surface area contributed by atoms with Crippen molar-refractivity contribution in [1.29, 1.82) is 0 Å². The van der Waals surface area contributed by atoms with Crippen LogP contribution in [-0.4, -0.2) is 42.7 Å². The van der Waals surface area contributed by atoms with Gasteiger partial charge in [0.1, 0.15) is 10.5 Å². The van der Waals surface area contributed by atoms with Crippen molar-refractivity contribution in [3.8, 4) is 5.69 Å². The van der Waals surface area contributed by atoms with Crippen LogP contribution in [-0.2, 0) is 5.75 Å². The maximum Gasteiger partial charge on any atom is 0.268 e. The van der Waals surface area contributed by atoms with Gasteiger partial charge in [-0.3, -0.25) is 14.3 Å². The number of nitrogens with zero attached hydrogens (tertiary/aromatic N) is 5. The average Bonchev–Trinajstić information content (AvgIpc) is 3.46. The molecule has 10 heteroatoms. The number of nitrogens with one attached hydrogen (secondary N) is 1. The molecule has 0 spiro atoms. The van der Waals surface area contributed by atoms with Crippen molar-refractivity contribution in [1.82, 2.24) is 29.6 Å². The van der Waals surface area contributed by atoms with E-state index >= 15 is 0 Å². The van der Waals surface area contributed by atoms with E-state index in [0.717, 1.165) is 35.3 Å². The first kappa shape index (κ1) is 21.6. The lowest BCUT2D eigenvalue weighted by molar-refractivity contribution is 0.167. The van der Waals surface area contributed by atoms with Crippen LogP contribution in [0.1, 0.15) is 43.9 Å². The molecule has 1 saturated heterocycles. The molecular weight excluding hydrogens is 464 g/mol. The molecule has 0 amide bonds. The van der Waals surface area contributed by atoms with Crippen molar-refractivity contribution in [3.05, 3.63) is 62.7 Å². The third-order valence-corrected chi connectivity index (χ3v) is 7.85. The Morgan fingerprint density at radius 3 is 2.72 bits per heavy atom. The van der Waals surface area contributed by atoms with E-state index < -0.39 is 0 Å². The van der Waals surface area contributed by atoms with Gasteiger partial charge in [-0.05, 0) is 68.6 Å². The van der Waals surface area contributed by atoms with E-state index in [9.17, 15) is 4.79 Å². The van der Waals surface area contributed by atoms with Gasteiger partial charge >= 0.3 is 0 Å². The molecule has 4 aromatic rings. The lowest BCUT2D eigenvalue weighted by Gasteiger charge is -2.31. The van der Waals surface area contributed by atoms with Crippen LogP contribution in [0.25, 0.3) is 15.9 Å². The molecule has 1 aliphatic heterocycles. The van der Waals surface area contributed by atoms with Gasteiger partial charge in [-0.1, -0.05) is 29.8 Å². The second kappa shape index (κ2) is 9.35. The monoisotopic (exact) mass is 486 g/mol. The molecule has 1 aliphatic rings. The molecule has 166 valence electrons. The third kappa shape index (κ3) is 4.34. The molecule has 5 rings (SSSR count). The summed E-state index contributed by atoms with van der Waals surface area (Å²) in [6.45, 7) is 4.34. The van der Waals surface area contributed by atoms with E-state index in [-0.39, 0.29) is 11.6 Å². The smallest absolute Gasteiger partial charge is 0.268 e. The first-order valence-electron chi connectivity index (χ1n) is 10.6. The summed E-state index contributed by atoms with van der Waals surface area (Å²) in [6, 6.07) is 9.75. The minimum absolute atomic E-state index is 0.0980. The summed E-state index contributed by atoms with van der Waals surface area (Å²) in [4.78, 5) is 22.3. The average molecular weight is 487 g/mol. The van der Waals surface area contributed by atoms with E-state index in [1.165, 1.54) is 42.4 Å². The van der Waals surface area contributed by atoms with E-state index in [2.05, 4.69) is 36.6 Å². The molecule has 3 aromatic heterocycles. The topological polar surface area (TPSA) is 79.7 Å². The van der Waals surface area contributed by atoms with Crippen LogP contribution in [0.2, 0.25) is 5.02 Å². The van der Waals surface area contributed by atoms with Gasteiger partial charge in [0.15, 0.2) is 11.0 Å². The quantitative estimate of drug-likeness (QED) is 0.384. The van der Waals surface area contributed by atoms with E-state index in [4.69, 9.17) is 11.6 Å². The summed E-state index contributed by atoms with van der Waals surface area (Å²) in [5, 5.41) is 12.4.